The number of esters is 1. The van der Waals surface area contributed by atoms with Gasteiger partial charge in [-0.25, -0.2) is 23.4 Å². The first kappa shape index (κ1) is 23.4. The van der Waals surface area contributed by atoms with Crippen molar-refractivity contribution in [3.8, 4) is 5.88 Å². The highest BCUT2D eigenvalue weighted by atomic mass is 32.2. The van der Waals surface area contributed by atoms with E-state index in [2.05, 4.69) is 4.98 Å². The van der Waals surface area contributed by atoms with E-state index in [1.807, 2.05) is 0 Å². The van der Waals surface area contributed by atoms with Crippen LogP contribution in [0.15, 0.2) is 56.7 Å². The number of thioether (sulfide) groups is 1. The third kappa shape index (κ3) is 4.65. The van der Waals surface area contributed by atoms with Crippen LogP contribution in [0.2, 0.25) is 0 Å². The zero-order valence-corrected chi connectivity index (χ0v) is 19.0. The fraction of sp³-hybridized carbons (Fsp3) is 0.217. The molecule has 1 aliphatic rings. The van der Waals surface area contributed by atoms with Gasteiger partial charge in [0.1, 0.15) is 6.61 Å². The Labute approximate surface area is 196 Å². The number of rotatable bonds is 6. The molecule has 34 heavy (non-hydrogen) atoms. The summed E-state index contributed by atoms with van der Waals surface area (Å²) in [6.45, 7) is -0.266. The van der Waals surface area contributed by atoms with Crippen LogP contribution in [0.25, 0.3) is 6.08 Å². The van der Waals surface area contributed by atoms with Crippen LogP contribution in [-0.4, -0.2) is 33.0 Å². The number of carbonyl (C=O) groups is 1. The third-order valence-electron chi connectivity index (χ3n) is 5.18. The van der Waals surface area contributed by atoms with Crippen LogP contribution in [0, 0.1) is 11.6 Å². The van der Waals surface area contributed by atoms with E-state index in [0.717, 1.165) is 16.7 Å². The number of aromatic nitrogens is 3. The molecule has 0 bridgehead atoms. The summed E-state index contributed by atoms with van der Waals surface area (Å²) in [6, 6.07) is 6.48. The number of hydrogen-bond donors (Lipinski definition) is 0. The van der Waals surface area contributed by atoms with Crippen LogP contribution >= 0.6 is 11.8 Å². The molecule has 1 aromatic carbocycles. The van der Waals surface area contributed by atoms with Gasteiger partial charge < -0.3 is 9.47 Å². The fourth-order valence-corrected chi connectivity index (χ4v) is 4.47. The van der Waals surface area contributed by atoms with Crippen molar-refractivity contribution in [2.24, 2.45) is 7.05 Å². The van der Waals surface area contributed by atoms with Crippen molar-refractivity contribution in [3.05, 3.63) is 91.3 Å². The van der Waals surface area contributed by atoms with E-state index >= 15 is 0 Å². The van der Waals surface area contributed by atoms with Gasteiger partial charge in [-0.3, -0.25) is 13.9 Å². The molecule has 0 amide bonds. The van der Waals surface area contributed by atoms with E-state index in [4.69, 9.17) is 9.47 Å². The lowest BCUT2D eigenvalue weighted by atomic mass is 10.2. The highest BCUT2D eigenvalue weighted by Gasteiger charge is 2.24. The van der Waals surface area contributed by atoms with E-state index in [9.17, 15) is 23.2 Å². The van der Waals surface area contributed by atoms with Gasteiger partial charge >= 0.3 is 11.7 Å². The van der Waals surface area contributed by atoms with Crippen molar-refractivity contribution in [1.29, 1.82) is 0 Å². The van der Waals surface area contributed by atoms with Gasteiger partial charge in [0.25, 0.3) is 5.56 Å². The molecule has 0 spiro atoms. The maximum Gasteiger partial charge on any atom is 0.335 e. The molecule has 0 saturated carbocycles. The maximum absolute atomic E-state index is 13.6. The predicted molar refractivity (Wildman–Crippen MR) is 121 cm³/mol. The highest BCUT2D eigenvalue weighted by Crippen LogP contribution is 2.29. The average Bonchev–Trinajstić information content (AvgIpc) is 2.85. The van der Waals surface area contributed by atoms with Crippen molar-refractivity contribution >= 4 is 23.8 Å². The van der Waals surface area contributed by atoms with Crippen LogP contribution in [0.1, 0.15) is 16.7 Å². The van der Waals surface area contributed by atoms with Crippen LogP contribution in [0.5, 0.6) is 5.88 Å². The van der Waals surface area contributed by atoms with Gasteiger partial charge in [0.2, 0.25) is 5.88 Å². The molecule has 0 saturated heterocycles. The lowest BCUT2D eigenvalue weighted by Crippen LogP contribution is -2.42. The quantitative estimate of drug-likeness (QED) is 0.390. The number of hydrogen-bond acceptors (Lipinski definition) is 7. The minimum atomic E-state index is -1.08. The molecule has 0 fully saturated rings. The zero-order valence-electron chi connectivity index (χ0n) is 18.2. The highest BCUT2D eigenvalue weighted by molar-refractivity contribution is 7.99. The summed E-state index contributed by atoms with van der Waals surface area (Å²) >= 11 is 1.17. The van der Waals surface area contributed by atoms with Gasteiger partial charge in [0, 0.05) is 30.6 Å². The number of benzene rings is 1. The zero-order chi connectivity index (χ0) is 24.4. The summed E-state index contributed by atoms with van der Waals surface area (Å²) in [6.07, 6.45) is 2.94. The first-order chi connectivity index (χ1) is 16.3. The number of fused-ring (bicyclic) bond motifs is 1. The number of halogens is 2. The molecule has 176 valence electrons. The molecule has 3 aromatic rings. The standard InChI is InChI=1S/C23H19F2N3O5S/c1-27-21-16(20(29)28(23(27)31)10-13-3-4-17(24)18(25)7-13)9-15(12-34-21)22(30)33-11-14-5-6-26-19(8-14)32-2/h3-9H,10-12H2,1-2H3. The molecule has 0 radical (unpaired) electrons. The van der Waals surface area contributed by atoms with Crippen molar-refractivity contribution in [2.45, 2.75) is 18.2 Å². The van der Waals surface area contributed by atoms with Gasteiger partial charge in [0.05, 0.1) is 24.2 Å². The van der Waals surface area contributed by atoms with E-state index in [1.165, 1.54) is 48.8 Å². The molecular weight excluding hydrogens is 468 g/mol. The summed E-state index contributed by atoms with van der Waals surface area (Å²) in [5, 5.41) is 0.409. The summed E-state index contributed by atoms with van der Waals surface area (Å²) in [4.78, 5) is 42.5. The Morgan fingerprint density at radius 2 is 1.94 bits per heavy atom. The topological polar surface area (TPSA) is 92.4 Å². The van der Waals surface area contributed by atoms with Gasteiger partial charge in [-0.15, -0.1) is 11.8 Å². The Kier molecular flexibility index (Phi) is 6.64. The molecule has 11 heteroatoms. The number of ether oxygens (including phenoxy) is 2. The maximum atomic E-state index is 13.6. The molecule has 1 aliphatic heterocycles. The summed E-state index contributed by atoms with van der Waals surface area (Å²) < 4.78 is 39.5. The van der Waals surface area contributed by atoms with E-state index in [1.54, 1.807) is 12.1 Å². The van der Waals surface area contributed by atoms with Crippen molar-refractivity contribution in [1.82, 2.24) is 14.1 Å². The minimum absolute atomic E-state index is 0.0137. The Morgan fingerprint density at radius 1 is 1.15 bits per heavy atom. The molecular formula is C23H19F2N3O5S. The van der Waals surface area contributed by atoms with Crippen LogP contribution in [-0.2, 0) is 29.7 Å². The van der Waals surface area contributed by atoms with Gasteiger partial charge in [-0.05, 0) is 35.4 Å². The summed E-state index contributed by atoms with van der Waals surface area (Å²) in [5.74, 6) is -2.10. The minimum Gasteiger partial charge on any atom is -0.481 e. The van der Waals surface area contributed by atoms with Crippen molar-refractivity contribution in [2.75, 3.05) is 12.9 Å². The molecule has 0 N–H and O–H groups in total. The van der Waals surface area contributed by atoms with Crippen molar-refractivity contribution < 1.29 is 23.0 Å². The smallest absolute Gasteiger partial charge is 0.335 e. The number of pyridine rings is 1. The summed E-state index contributed by atoms with van der Waals surface area (Å²) in [7, 11) is 2.98. The van der Waals surface area contributed by atoms with Crippen LogP contribution in [0.3, 0.4) is 0 Å². The largest absolute Gasteiger partial charge is 0.481 e. The second kappa shape index (κ2) is 9.64. The van der Waals surface area contributed by atoms with Crippen molar-refractivity contribution in [3.63, 3.8) is 0 Å². The van der Waals surface area contributed by atoms with E-state index in [-0.39, 0.29) is 35.6 Å². The van der Waals surface area contributed by atoms with Gasteiger partial charge in [0.15, 0.2) is 11.6 Å². The molecule has 8 nitrogen and oxygen atoms in total. The SMILES string of the molecule is COc1cc(COC(=O)C2=Cc3c(n(C)c(=O)n(Cc4ccc(F)c(F)c4)c3=O)SC2)ccn1. The Hall–Kier alpha value is -3.73. The lowest BCUT2D eigenvalue weighted by Gasteiger charge is -2.19. The second-order valence-corrected chi connectivity index (χ2v) is 8.41. The first-order valence-corrected chi connectivity index (χ1v) is 11.0. The fourth-order valence-electron chi connectivity index (χ4n) is 3.40. The van der Waals surface area contributed by atoms with Crippen LogP contribution < -0.4 is 16.0 Å². The number of carbonyl (C=O) groups excluding carboxylic acids is 1. The van der Waals surface area contributed by atoms with Crippen LogP contribution in [0.4, 0.5) is 8.78 Å². The van der Waals surface area contributed by atoms with E-state index < -0.39 is 28.9 Å². The normalized spacial score (nSPS) is 12.6. The summed E-state index contributed by atoms with van der Waals surface area (Å²) in [5.41, 5.74) is 0.0946. The second-order valence-electron chi connectivity index (χ2n) is 7.44. The molecule has 4 rings (SSSR count). The Morgan fingerprint density at radius 3 is 2.68 bits per heavy atom. The third-order valence-corrected chi connectivity index (χ3v) is 6.40. The lowest BCUT2D eigenvalue weighted by molar-refractivity contribution is -0.140. The molecule has 2 aromatic heterocycles. The molecule has 0 unspecified atom stereocenters. The number of nitrogens with zero attached hydrogens (tertiary/aromatic N) is 3. The molecule has 3 heterocycles. The first-order valence-electron chi connectivity index (χ1n) is 10.1. The molecule has 0 atom stereocenters. The Balaban J connectivity index is 1.62. The number of methoxy groups -OCH3 is 1. The van der Waals surface area contributed by atoms with Gasteiger partial charge in [-0.2, -0.15) is 0 Å². The molecule has 0 aliphatic carbocycles. The predicted octanol–water partition coefficient (Wildman–Crippen LogP) is 2.51. The average molecular weight is 487 g/mol. The Bertz CT molecular complexity index is 1430. The van der Waals surface area contributed by atoms with E-state index in [0.29, 0.717) is 16.5 Å². The monoisotopic (exact) mass is 487 g/mol. The van der Waals surface area contributed by atoms with Gasteiger partial charge in [-0.1, -0.05) is 6.07 Å².